The van der Waals surface area contributed by atoms with Gasteiger partial charge in [0.25, 0.3) is 0 Å². The summed E-state index contributed by atoms with van der Waals surface area (Å²) in [6.07, 6.45) is 2.20. The first kappa shape index (κ1) is 14.5. The Morgan fingerprint density at radius 3 is 2.05 bits per heavy atom. The van der Waals surface area contributed by atoms with Crippen LogP contribution < -0.4 is 0 Å². The summed E-state index contributed by atoms with van der Waals surface area (Å²) in [5.74, 6) is 0. The molecule has 0 spiro atoms. The third-order valence-electron chi connectivity index (χ3n) is 3.73. The third-order valence-corrected chi connectivity index (χ3v) is 3.73. The van der Waals surface area contributed by atoms with Gasteiger partial charge in [0, 0.05) is 5.56 Å². The Morgan fingerprint density at radius 1 is 0.864 bits per heavy atom. The highest BCUT2D eigenvalue weighted by molar-refractivity contribution is 5.65. The number of rotatable bonds is 2. The second-order valence-electron chi connectivity index (χ2n) is 6.48. The molecule has 0 aliphatic carbocycles. The monoisotopic (exact) mass is 291 g/mol. The Bertz CT molecular complexity index is 682. The SMILES string of the molecule is CC(C)(C)N1N=NC(c2ccccc2)=CC1c1ccccc1. The summed E-state index contributed by atoms with van der Waals surface area (Å²) >= 11 is 0. The van der Waals surface area contributed by atoms with E-state index in [0.717, 1.165) is 11.3 Å². The maximum Gasteiger partial charge on any atom is 0.0948 e. The fourth-order valence-electron chi connectivity index (χ4n) is 2.61. The maximum atomic E-state index is 4.51. The molecule has 0 bridgehead atoms. The first-order valence-corrected chi connectivity index (χ1v) is 7.59. The summed E-state index contributed by atoms with van der Waals surface area (Å²) in [7, 11) is 0. The Hall–Kier alpha value is -2.42. The van der Waals surface area contributed by atoms with Gasteiger partial charge in [0.1, 0.15) is 0 Å². The molecule has 3 rings (SSSR count). The van der Waals surface area contributed by atoms with Crippen LogP contribution in [0, 0.1) is 0 Å². The molecule has 3 heteroatoms. The number of hydrogen-bond donors (Lipinski definition) is 0. The van der Waals surface area contributed by atoms with E-state index in [4.69, 9.17) is 0 Å². The van der Waals surface area contributed by atoms with Crippen LogP contribution in [0.25, 0.3) is 5.70 Å². The predicted octanol–water partition coefficient (Wildman–Crippen LogP) is 5.25. The van der Waals surface area contributed by atoms with E-state index >= 15 is 0 Å². The van der Waals surface area contributed by atoms with Crippen LogP contribution in [0.15, 0.2) is 77.1 Å². The Morgan fingerprint density at radius 2 is 1.45 bits per heavy atom. The molecule has 112 valence electrons. The molecule has 1 unspecified atom stereocenters. The molecule has 0 saturated carbocycles. The minimum absolute atomic E-state index is 0.0916. The van der Waals surface area contributed by atoms with Gasteiger partial charge in [-0.1, -0.05) is 65.9 Å². The highest BCUT2D eigenvalue weighted by Gasteiger charge is 2.31. The van der Waals surface area contributed by atoms with Crippen molar-refractivity contribution in [3.63, 3.8) is 0 Å². The van der Waals surface area contributed by atoms with Crippen molar-refractivity contribution in [3.05, 3.63) is 77.9 Å². The molecule has 0 amide bonds. The van der Waals surface area contributed by atoms with Crippen LogP contribution in [0.2, 0.25) is 0 Å². The Balaban J connectivity index is 2.03. The molecule has 2 aromatic carbocycles. The highest BCUT2D eigenvalue weighted by Crippen LogP contribution is 2.36. The lowest BCUT2D eigenvalue weighted by atomic mass is 9.98. The minimum Gasteiger partial charge on any atom is -0.262 e. The Labute approximate surface area is 132 Å². The highest BCUT2D eigenvalue weighted by atomic mass is 15.6. The van der Waals surface area contributed by atoms with E-state index in [1.807, 2.05) is 24.3 Å². The maximum absolute atomic E-state index is 4.51. The van der Waals surface area contributed by atoms with Crippen molar-refractivity contribution in [3.8, 4) is 0 Å². The smallest absolute Gasteiger partial charge is 0.0948 e. The van der Waals surface area contributed by atoms with E-state index < -0.39 is 0 Å². The quantitative estimate of drug-likeness (QED) is 0.742. The minimum atomic E-state index is -0.0945. The van der Waals surface area contributed by atoms with Crippen molar-refractivity contribution in [1.82, 2.24) is 5.01 Å². The summed E-state index contributed by atoms with van der Waals surface area (Å²) in [5.41, 5.74) is 3.16. The van der Waals surface area contributed by atoms with Crippen molar-refractivity contribution >= 4 is 5.70 Å². The average Bonchev–Trinajstić information content (AvgIpc) is 2.55. The summed E-state index contributed by atoms with van der Waals surface area (Å²) in [6.45, 7) is 6.47. The van der Waals surface area contributed by atoms with Gasteiger partial charge in [-0.3, -0.25) is 5.01 Å². The van der Waals surface area contributed by atoms with Crippen molar-refractivity contribution < 1.29 is 0 Å². The molecule has 2 aromatic rings. The van der Waals surface area contributed by atoms with Gasteiger partial charge in [-0.15, -0.1) is 5.11 Å². The van der Waals surface area contributed by atoms with Gasteiger partial charge in [0.05, 0.1) is 17.3 Å². The molecule has 0 N–H and O–H groups in total. The van der Waals surface area contributed by atoms with Crippen LogP contribution in [0.3, 0.4) is 0 Å². The molecular weight excluding hydrogens is 270 g/mol. The molecular formula is C19H21N3. The first-order valence-electron chi connectivity index (χ1n) is 7.59. The largest absolute Gasteiger partial charge is 0.262 e. The molecule has 0 aromatic heterocycles. The lowest BCUT2D eigenvalue weighted by molar-refractivity contribution is 0.0941. The summed E-state index contributed by atoms with van der Waals surface area (Å²) < 4.78 is 0. The van der Waals surface area contributed by atoms with Gasteiger partial charge >= 0.3 is 0 Å². The van der Waals surface area contributed by atoms with Crippen LogP contribution in [0.1, 0.15) is 37.9 Å². The number of hydrogen-bond acceptors (Lipinski definition) is 3. The van der Waals surface area contributed by atoms with Crippen LogP contribution in [0.4, 0.5) is 0 Å². The van der Waals surface area contributed by atoms with Crippen LogP contribution in [-0.2, 0) is 0 Å². The molecule has 22 heavy (non-hydrogen) atoms. The van der Waals surface area contributed by atoms with Crippen LogP contribution in [-0.4, -0.2) is 10.5 Å². The fourth-order valence-corrected chi connectivity index (χ4v) is 2.61. The summed E-state index contributed by atoms with van der Waals surface area (Å²) in [6, 6.07) is 20.8. The van der Waals surface area contributed by atoms with Gasteiger partial charge in [-0.05, 0) is 32.4 Å². The molecule has 1 aliphatic heterocycles. The summed E-state index contributed by atoms with van der Waals surface area (Å²) in [5, 5.41) is 11.0. The average molecular weight is 291 g/mol. The van der Waals surface area contributed by atoms with Gasteiger partial charge < -0.3 is 0 Å². The van der Waals surface area contributed by atoms with E-state index in [1.54, 1.807) is 0 Å². The van der Waals surface area contributed by atoms with Crippen molar-refractivity contribution in [2.75, 3.05) is 0 Å². The number of nitrogens with zero attached hydrogens (tertiary/aromatic N) is 3. The molecule has 1 atom stereocenters. The van der Waals surface area contributed by atoms with E-state index in [0.29, 0.717) is 0 Å². The lowest BCUT2D eigenvalue weighted by Crippen LogP contribution is -2.40. The fraction of sp³-hybridized carbons (Fsp3) is 0.263. The number of benzene rings is 2. The molecule has 0 fully saturated rings. The molecule has 0 radical (unpaired) electrons. The topological polar surface area (TPSA) is 28.0 Å². The van der Waals surface area contributed by atoms with Crippen LogP contribution in [0.5, 0.6) is 0 Å². The van der Waals surface area contributed by atoms with E-state index in [1.165, 1.54) is 5.56 Å². The molecule has 1 heterocycles. The van der Waals surface area contributed by atoms with E-state index in [9.17, 15) is 0 Å². The van der Waals surface area contributed by atoms with E-state index in [2.05, 4.69) is 78.6 Å². The zero-order valence-corrected chi connectivity index (χ0v) is 13.3. The van der Waals surface area contributed by atoms with Gasteiger partial charge in [-0.25, -0.2) is 0 Å². The zero-order chi connectivity index (χ0) is 15.6. The molecule has 3 nitrogen and oxygen atoms in total. The van der Waals surface area contributed by atoms with Gasteiger partial charge in [-0.2, -0.15) is 0 Å². The van der Waals surface area contributed by atoms with E-state index in [-0.39, 0.29) is 11.6 Å². The predicted molar refractivity (Wildman–Crippen MR) is 90.1 cm³/mol. The van der Waals surface area contributed by atoms with Gasteiger partial charge in [0.15, 0.2) is 0 Å². The van der Waals surface area contributed by atoms with Crippen LogP contribution >= 0.6 is 0 Å². The first-order chi connectivity index (χ1) is 10.6. The van der Waals surface area contributed by atoms with Crippen molar-refractivity contribution in [2.24, 2.45) is 10.3 Å². The molecule has 1 aliphatic rings. The zero-order valence-electron chi connectivity index (χ0n) is 13.3. The molecule has 0 saturated heterocycles. The third kappa shape index (κ3) is 2.93. The normalized spacial score (nSPS) is 18.2. The van der Waals surface area contributed by atoms with Crippen molar-refractivity contribution in [2.45, 2.75) is 32.4 Å². The van der Waals surface area contributed by atoms with Crippen molar-refractivity contribution in [1.29, 1.82) is 0 Å². The van der Waals surface area contributed by atoms with Gasteiger partial charge in [0.2, 0.25) is 0 Å². The standard InChI is InChI=1S/C19H21N3/c1-19(2,3)22-18(16-12-8-5-9-13-16)14-17(20-21-22)15-10-6-4-7-11-15/h4-14,18H,1-3H3. The second kappa shape index (κ2) is 5.76. The summed E-state index contributed by atoms with van der Waals surface area (Å²) in [4.78, 5) is 0. The second-order valence-corrected chi connectivity index (χ2v) is 6.48. The Kier molecular flexibility index (Phi) is 3.80. The lowest BCUT2D eigenvalue weighted by Gasteiger charge is -2.39.